The first-order valence-corrected chi connectivity index (χ1v) is 12.8. The summed E-state index contributed by atoms with van der Waals surface area (Å²) in [4.78, 5) is 26.3. The molecule has 2 atom stereocenters. The van der Waals surface area contributed by atoms with E-state index in [1.165, 1.54) is 29.2 Å². The third-order valence-electron chi connectivity index (χ3n) is 7.42. The second-order valence-electron chi connectivity index (χ2n) is 10.9. The number of primary amides is 1. The zero-order valence-corrected chi connectivity index (χ0v) is 22.6. The van der Waals surface area contributed by atoms with Crippen LogP contribution in [0, 0.1) is 0 Å². The summed E-state index contributed by atoms with van der Waals surface area (Å²) in [6.45, 7) is 7.57. The molecule has 2 aromatic carbocycles. The predicted octanol–water partition coefficient (Wildman–Crippen LogP) is 3.54. The van der Waals surface area contributed by atoms with Gasteiger partial charge in [-0.3, -0.25) is 9.59 Å². The van der Waals surface area contributed by atoms with Crippen LogP contribution >= 0.6 is 0 Å². The van der Waals surface area contributed by atoms with Gasteiger partial charge in [0.1, 0.15) is 17.6 Å². The lowest BCUT2D eigenvalue weighted by Crippen LogP contribution is -2.49. The van der Waals surface area contributed by atoms with Crippen LogP contribution in [0.1, 0.15) is 50.0 Å². The summed E-state index contributed by atoms with van der Waals surface area (Å²) < 4.78 is 73.9. The van der Waals surface area contributed by atoms with E-state index in [-0.39, 0.29) is 43.2 Å². The lowest BCUT2D eigenvalue weighted by atomic mass is 9.78. The average molecular weight is 566 g/mol. The molecule has 216 valence electrons. The number of nitrogens with two attached hydrogens (primary N) is 1. The molecule has 13 heteroatoms. The SMILES string of the molecule is CC1(C)OB(c2ccc(O[C@H]3CCN(C(=O)Cc4ccc(OC(F)(F)F)cc4)C[C@H]3F)c(C(N)=O)c2)OC1(C)C. The smallest absolute Gasteiger partial charge is 0.486 e. The number of halogens is 4. The van der Waals surface area contributed by atoms with E-state index in [2.05, 4.69) is 4.74 Å². The van der Waals surface area contributed by atoms with Crippen LogP contribution in [0.3, 0.4) is 0 Å². The van der Waals surface area contributed by atoms with Crippen molar-refractivity contribution >= 4 is 24.4 Å². The van der Waals surface area contributed by atoms with E-state index < -0.39 is 48.6 Å². The summed E-state index contributed by atoms with van der Waals surface area (Å²) in [5.74, 6) is -1.43. The first-order valence-electron chi connectivity index (χ1n) is 12.8. The van der Waals surface area contributed by atoms with Gasteiger partial charge in [-0.2, -0.15) is 0 Å². The summed E-state index contributed by atoms with van der Waals surface area (Å²) in [6, 6.07) is 9.63. The van der Waals surface area contributed by atoms with Crippen molar-refractivity contribution < 1.29 is 45.9 Å². The number of likely N-dealkylation sites (tertiary alicyclic amines) is 1. The maximum atomic E-state index is 15.1. The Bertz CT molecular complexity index is 1240. The van der Waals surface area contributed by atoms with Crippen molar-refractivity contribution in [2.45, 2.75) is 70.4 Å². The van der Waals surface area contributed by atoms with Crippen molar-refractivity contribution in [2.24, 2.45) is 5.73 Å². The Labute approximate surface area is 229 Å². The minimum Gasteiger partial charge on any atom is -0.486 e. The highest BCUT2D eigenvalue weighted by atomic mass is 19.4. The monoisotopic (exact) mass is 566 g/mol. The molecular formula is C27H31BF4N2O6. The van der Waals surface area contributed by atoms with Crippen molar-refractivity contribution in [1.82, 2.24) is 4.90 Å². The number of alkyl halides is 4. The van der Waals surface area contributed by atoms with Crippen molar-refractivity contribution in [1.29, 1.82) is 0 Å². The van der Waals surface area contributed by atoms with Gasteiger partial charge in [0.15, 0.2) is 6.17 Å². The highest BCUT2D eigenvalue weighted by Gasteiger charge is 2.52. The lowest BCUT2D eigenvalue weighted by molar-refractivity contribution is -0.274. The summed E-state index contributed by atoms with van der Waals surface area (Å²) in [6.07, 6.45) is -7.25. The number of rotatable bonds is 7. The minimum absolute atomic E-state index is 0.0517. The van der Waals surface area contributed by atoms with Crippen LogP contribution in [0.25, 0.3) is 0 Å². The van der Waals surface area contributed by atoms with Crippen LogP contribution in [0.5, 0.6) is 11.5 Å². The molecule has 0 bridgehead atoms. The van der Waals surface area contributed by atoms with Crippen molar-refractivity contribution in [3.8, 4) is 11.5 Å². The second kappa shape index (κ2) is 10.9. The molecule has 0 saturated carbocycles. The lowest BCUT2D eigenvalue weighted by Gasteiger charge is -2.35. The van der Waals surface area contributed by atoms with E-state index in [1.807, 2.05) is 27.7 Å². The molecule has 0 unspecified atom stereocenters. The zero-order chi connectivity index (χ0) is 29.5. The molecular weight excluding hydrogens is 535 g/mol. The minimum atomic E-state index is -4.81. The van der Waals surface area contributed by atoms with Crippen LogP contribution < -0.4 is 20.7 Å². The standard InChI is InChI=1S/C27H31BF4N2O6/c1-25(2)26(3,4)40-28(39-25)17-7-10-21(19(14-17)24(33)36)37-22-11-12-34(15-20(22)29)23(35)13-16-5-8-18(9-6-16)38-27(30,31)32/h5-10,14,20,22H,11-13,15H2,1-4H3,(H2,33,36)/t20-,22+/m1/s1. The number of benzene rings is 2. The molecule has 40 heavy (non-hydrogen) atoms. The van der Waals surface area contributed by atoms with Gasteiger partial charge in [0.25, 0.3) is 5.91 Å². The predicted molar refractivity (Wildman–Crippen MR) is 138 cm³/mol. The van der Waals surface area contributed by atoms with Gasteiger partial charge in [-0.15, -0.1) is 13.2 Å². The van der Waals surface area contributed by atoms with E-state index in [4.69, 9.17) is 19.8 Å². The summed E-state index contributed by atoms with van der Waals surface area (Å²) in [5, 5.41) is 0. The molecule has 4 rings (SSSR count). The number of hydrogen-bond donors (Lipinski definition) is 1. The Morgan fingerprint density at radius 3 is 2.25 bits per heavy atom. The maximum Gasteiger partial charge on any atom is 0.573 e. The normalized spacial score (nSPS) is 22.2. The number of carbonyl (C=O) groups excluding carboxylic acids is 2. The Morgan fingerprint density at radius 1 is 1.07 bits per heavy atom. The highest BCUT2D eigenvalue weighted by Crippen LogP contribution is 2.37. The molecule has 2 saturated heterocycles. The third-order valence-corrected chi connectivity index (χ3v) is 7.42. The summed E-state index contributed by atoms with van der Waals surface area (Å²) in [5.41, 5.74) is 5.50. The van der Waals surface area contributed by atoms with Crippen LogP contribution in [0.15, 0.2) is 42.5 Å². The fraction of sp³-hybridized carbons (Fsp3) is 0.481. The Morgan fingerprint density at radius 2 is 1.70 bits per heavy atom. The molecule has 0 radical (unpaired) electrons. The van der Waals surface area contributed by atoms with Gasteiger partial charge >= 0.3 is 13.5 Å². The van der Waals surface area contributed by atoms with Crippen LogP contribution in [-0.4, -0.2) is 66.8 Å². The number of amides is 2. The average Bonchev–Trinajstić information content (AvgIpc) is 3.07. The highest BCUT2D eigenvalue weighted by molar-refractivity contribution is 6.62. The Balaban J connectivity index is 1.37. The third kappa shape index (κ3) is 6.69. The van der Waals surface area contributed by atoms with Gasteiger partial charge < -0.3 is 29.4 Å². The molecule has 0 aliphatic carbocycles. The molecule has 0 aromatic heterocycles. The number of carbonyl (C=O) groups is 2. The quantitative estimate of drug-likeness (QED) is 0.407. The van der Waals surface area contributed by atoms with Crippen molar-refractivity contribution in [3.63, 3.8) is 0 Å². The number of ether oxygens (including phenoxy) is 2. The largest absolute Gasteiger partial charge is 0.573 e. The van der Waals surface area contributed by atoms with Gasteiger partial charge in [0, 0.05) is 13.0 Å². The van der Waals surface area contributed by atoms with Crippen molar-refractivity contribution in [3.05, 3.63) is 53.6 Å². The zero-order valence-electron chi connectivity index (χ0n) is 22.6. The maximum absolute atomic E-state index is 15.1. The molecule has 0 spiro atoms. The van der Waals surface area contributed by atoms with Gasteiger partial charge in [0.2, 0.25) is 5.91 Å². The molecule has 2 heterocycles. The molecule has 2 amide bonds. The molecule has 8 nitrogen and oxygen atoms in total. The van der Waals surface area contributed by atoms with Crippen LogP contribution in [-0.2, 0) is 20.5 Å². The molecule has 2 aromatic rings. The first-order chi connectivity index (χ1) is 18.5. The van der Waals surface area contributed by atoms with Gasteiger partial charge in [-0.25, -0.2) is 4.39 Å². The van der Waals surface area contributed by atoms with Crippen LogP contribution in [0.2, 0.25) is 0 Å². The Kier molecular flexibility index (Phi) is 8.10. The summed E-state index contributed by atoms with van der Waals surface area (Å²) >= 11 is 0. The van der Waals surface area contributed by atoms with E-state index in [0.29, 0.717) is 11.0 Å². The molecule has 2 fully saturated rings. The van der Waals surface area contributed by atoms with Crippen molar-refractivity contribution in [2.75, 3.05) is 13.1 Å². The van der Waals surface area contributed by atoms with E-state index >= 15 is 4.39 Å². The number of hydrogen-bond acceptors (Lipinski definition) is 6. The van der Waals surface area contributed by atoms with Gasteiger partial charge in [-0.1, -0.05) is 18.2 Å². The Hall–Kier alpha value is -3.32. The summed E-state index contributed by atoms with van der Waals surface area (Å²) in [7, 11) is -0.728. The fourth-order valence-electron chi connectivity index (χ4n) is 4.47. The first kappa shape index (κ1) is 29.7. The molecule has 2 N–H and O–H groups in total. The molecule has 2 aliphatic rings. The number of nitrogens with zero attached hydrogens (tertiary/aromatic N) is 1. The topological polar surface area (TPSA) is 100 Å². The van der Waals surface area contributed by atoms with E-state index in [0.717, 1.165) is 12.1 Å². The molecule has 2 aliphatic heterocycles. The van der Waals surface area contributed by atoms with Gasteiger partial charge in [0.05, 0.1) is 29.7 Å². The fourth-order valence-corrected chi connectivity index (χ4v) is 4.47. The number of piperidine rings is 1. The second-order valence-corrected chi connectivity index (χ2v) is 10.9. The van der Waals surface area contributed by atoms with E-state index in [9.17, 15) is 22.8 Å². The van der Waals surface area contributed by atoms with E-state index in [1.54, 1.807) is 6.07 Å². The van der Waals surface area contributed by atoms with Crippen LogP contribution in [0.4, 0.5) is 17.6 Å². The van der Waals surface area contributed by atoms with Gasteiger partial charge in [-0.05, 0) is 63.0 Å².